The van der Waals surface area contributed by atoms with Gasteiger partial charge in [-0.3, -0.25) is 14.4 Å². The summed E-state index contributed by atoms with van der Waals surface area (Å²) in [4.78, 5) is 40.5. The van der Waals surface area contributed by atoms with Gasteiger partial charge in [0.25, 0.3) is 11.8 Å². The molecule has 1 aromatic carbocycles. The Bertz CT molecular complexity index is 1040. The van der Waals surface area contributed by atoms with Crippen molar-refractivity contribution in [3.05, 3.63) is 44.0 Å². The molecular weight excluding hydrogens is 518 g/mol. The van der Waals surface area contributed by atoms with Gasteiger partial charge < -0.3 is 20.3 Å². The van der Waals surface area contributed by atoms with Crippen LogP contribution in [-0.4, -0.2) is 43.0 Å². The van der Waals surface area contributed by atoms with Gasteiger partial charge in [-0.05, 0) is 59.1 Å². The Hall–Kier alpha value is -1.94. The van der Waals surface area contributed by atoms with Gasteiger partial charge >= 0.3 is 0 Å². The molecule has 2 fully saturated rings. The van der Waals surface area contributed by atoms with Gasteiger partial charge in [-0.15, -0.1) is 11.3 Å². The van der Waals surface area contributed by atoms with E-state index in [9.17, 15) is 14.4 Å². The Balaban J connectivity index is 1.49. The van der Waals surface area contributed by atoms with Gasteiger partial charge in [-0.2, -0.15) is 0 Å². The van der Waals surface area contributed by atoms with E-state index in [1.54, 1.807) is 35.2 Å². The number of hydrogen-bond acceptors (Lipinski definition) is 5. The molecule has 0 radical (unpaired) electrons. The summed E-state index contributed by atoms with van der Waals surface area (Å²) in [7, 11) is 0. The Labute approximate surface area is 203 Å². The van der Waals surface area contributed by atoms with E-state index >= 15 is 0 Å². The number of benzene rings is 1. The second-order valence-corrected chi connectivity index (χ2v) is 10.8. The predicted octanol–water partition coefficient (Wildman–Crippen LogP) is 4.60. The third-order valence-corrected chi connectivity index (χ3v) is 7.60. The second-order valence-electron chi connectivity index (χ2n) is 7.92. The first-order valence-electron chi connectivity index (χ1n) is 10.4. The molecule has 0 spiro atoms. The highest BCUT2D eigenvalue weighted by Crippen LogP contribution is 2.32. The quantitative estimate of drug-likeness (QED) is 0.580. The highest BCUT2D eigenvalue weighted by molar-refractivity contribution is 9.11. The molecule has 32 heavy (non-hydrogen) atoms. The Kier molecular flexibility index (Phi) is 7.19. The number of halogens is 2. The Morgan fingerprint density at radius 3 is 2.72 bits per heavy atom. The topological polar surface area (TPSA) is 87.7 Å². The summed E-state index contributed by atoms with van der Waals surface area (Å²) in [5, 5.41) is 6.11. The lowest BCUT2D eigenvalue weighted by atomic mass is 9.97. The Morgan fingerprint density at radius 1 is 1.19 bits per heavy atom. The van der Waals surface area contributed by atoms with Gasteiger partial charge in [0.15, 0.2) is 0 Å². The van der Waals surface area contributed by atoms with Crippen molar-refractivity contribution in [1.29, 1.82) is 0 Å². The predicted molar refractivity (Wildman–Crippen MR) is 129 cm³/mol. The zero-order chi connectivity index (χ0) is 22.7. The van der Waals surface area contributed by atoms with E-state index in [1.165, 1.54) is 11.3 Å². The maximum Gasteiger partial charge on any atom is 0.262 e. The smallest absolute Gasteiger partial charge is 0.262 e. The van der Waals surface area contributed by atoms with Crippen molar-refractivity contribution in [2.45, 2.75) is 37.6 Å². The molecule has 3 amide bonds. The molecule has 7 nitrogen and oxygen atoms in total. The molecular formula is C22H23BrClN3O4S. The van der Waals surface area contributed by atoms with Crippen molar-refractivity contribution in [1.82, 2.24) is 5.32 Å². The molecule has 2 aliphatic heterocycles. The molecule has 2 saturated heterocycles. The number of rotatable bonds is 5. The summed E-state index contributed by atoms with van der Waals surface area (Å²) in [6, 6.07) is 8.60. The van der Waals surface area contributed by atoms with Crippen LogP contribution < -0.4 is 15.5 Å². The van der Waals surface area contributed by atoms with Gasteiger partial charge in [0.05, 0.1) is 26.0 Å². The third kappa shape index (κ3) is 5.01. The van der Waals surface area contributed by atoms with Gasteiger partial charge in [0, 0.05) is 31.7 Å². The Morgan fingerprint density at radius 2 is 2.03 bits per heavy atom. The van der Waals surface area contributed by atoms with Gasteiger partial charge in [0.1, 0.15) is 5.54 Å². The van der Waals surface area contributed by atoms with Crippen LogP contribution in [0.15, 0.2) is 34.1 Å². The fourth-order valence-corrected chi connectivity index (χ4v) is 5.47. The van der Waals surface area contributed by atoms with Crippen molar-refractivity contribution >= 4 is 68.0 Å². The van der Waals surface area contributed by atoms with E-state index in [0.29, 0.717) is 47.3 Å². The van der Waals surface area contributed by atoms with Crippen LogP contribution in [0.2, 0.25) is 5.02 Å². The standard InChI is InChI=1S/C22H23BrClN3O4S/c23-18-8-7-17(32-18)20(29)26-22(9-11-31-13-22)21(30)25-14-5-6-16(15(24)12-14)27-10-3-1-2-4-19(27)28/h5-8,12H,1-4,9-11,13H2,(H,25,30)(H,26,29)/t22-/m1/s1. The number of nitrogens with zero attached hydrogens (tertiary/aromatic N) is 1. The molecule has 2 aromatic rings. The number of thiophene rings is 1. The van der Waals surface area contributed by atoms with Crippen molar-refractivity contribution < 1.29 is 19.1 Å². The molecule has 170 valence electrons. The summed E-state index contributed by atoms with van der Waals surface area (Å²) >= 11 is 11.1. The van der Waals surface area contributed by atoms with E-state index in [1.807, 2.05) is 0 Å². The summed E-state index contributed by atoms with van der Waals surface area (Å²) in [6.45, 7) is 1.10. The van der Waals surface area contributed by atoms with E-state index in [0.717, 1.165) is 23.0 Å². The van der Waals surface area contributed by atoms with Crippen LogP contribution in [0, 0.1) is 0 Å². The molecule has 2 N–H and O–H groups in total. The molecule has 1 aromatic heterocycles. The molecule has 1 atom stereocenters. The van der Waals surface area contributed by atoms with E-state index in [4.69, 9.17) is 16.3 Å². The summed E-state index contributed by atoms with van der Waals surface area (Å²) in [6.07, 6.45) is 3.72. The fraction of sp³-hybridized carbons (Fsp3) is 0.409. The van der Waals surface area contributed by atoms with E-state index in [2.05, 4.69) is 26.6 Å². The van der Waals surface area contributed by atoms with Crippen LogP contribution in [0.1, 0.15) is 41.8 Å². The number of amides is 3. The summed E-state index contributed by atoms with van der Waals surface area (Å²) < 4.78 is 6.29. The number of anilines is 2. The highest BCUT2D eigenvalue weighted by atomic mass is 79.9. The van der Waals surface area contributed by atoms with Crippen LogP contribution in [-0.2, 0) is 14.3 Å². The number of ether oxygens (including phenoxy) is 1. The minimum Gasteiger partial charge on any atom is -0.378 e. The molecule has 10 heteroatoms. The maximum atomic E-state index is 13.2. The number of carbonyl (C=O) groups is 3. The average Bonchev–Trinajstić information content (AvgIpc) is 3.36. The molecule has 0 aliphatic carbocycles. The maximum absolute atomic E-state index is 13.2. The van der Waals surface area contributed by atoms with Crippen LogP contribution in [0.3, 0.4) is 0 Å². The van der Waals surface area contributed by atoms with Crippen LogP contribution in [0.25, 0.3) is 0 Å². The van der Waals surface area contributed by atoms with Gasteiger partial charge in [0.2, 0.25) is 5.91 Å². The number of carbonyl (C=O) groups excluding carboxylic acids is 3. The van der Waals surface area contributed by atoms with E-state index < -0.39 is 5.54 Å². The van der Waals surface area contributed by atoms with Gasteiger partial charge in [-0.25, -0.2) is 0 Å². The minimum absolute atomic E-state index is 0.0613. The van der Waals surface area contributed by atoms with Crippen molar-refractivity contribution in [3.8, 4) is 0 Å². The largest absolute Gasteiger partial charge is 0.378 e. The van der Waals surface area contributed by atoms with Gasteiger partial charge in [-0.1, -0.05) is 18.0 Å². The number of nitrogens with one attached hydrogen (secondary N) is 2. The second kappa shape index (κ2) is 9.91. The zero-order valence-corrected chi connectivity index (χ0v) is 20.4. The van der Waals surface area contributed by atoms with Crippen molar-refractivity contribution in [2.24, 2.45) is 0 Å². The molecule has 0 bridgehead atoms. The number of hydrogen-bond donors (Lipinski definition) is 2. The molecule has 0 saturated carbocycles. The summed E-state index contributed by atoms with van der Waals surface area (Å²) in [5.74, 6) is -0.630. The molecule has 2 aliphatic rings. The monoisotopic (exact) mass is 539 g/mol. The minimum atomic E-state index is -1.17. The lowest BCUT2D eigenvalue weighted by molar-refractivity contribution is -0.122. The molecule has 4 rings (SSSR count). The third-order valence-electron chi connectivity index (χ3n) is 5.68. The van der Waals surface area contributed by atoms with Crippen molar-refractivity contribution in [2.75, 3.05) is 30.0 Å². The molecule has 0 unspecified atom stereocenters. The fourth-order valence-electron chi connectivity index (χ4n) is 3.91. The first kappa shape index (κ1) is 23.2. The van der Waals surface area contributed by atoms with Crippen molar-refractivity contribution in [3.63, 3.8) is 0 Å². The first-order valence-corrected chi connectivity index (χ1v) is 12.4. The van der Waals surface area contributed by atoms with E-state index in [-0.39, 0.29) is 24.3 Å². The average molecular weight is 541 g/mol. The SMILES string of the molecule is O=C(N[C@]1(C(=O)Nc2ccc(N3CCCCCC3=O)c(Cl)c2)CCOC1)c1ccc(Br)s1. The highest BCUT2D eigenvalue weighted by Gasteiger charge is 2.44. The molecule has 3 heterocycles. The lowest BCUT2D eigenvalue weighted by Gasteiger charge is -2.27. The zero-order valence-electron chi connectivity index (χ0n) is 17.3. The van der Waals surface area contributed by atoms with Crippen LogP contribution >= 0.6 is 38.9 Å². The van der Waals surface area contributed by atoms with Crippen LogP contribution in [0.5, 0.6) is 0 Å². The first-order chi connectivity index (χ1) is 15.4. The summed E-state index contributed by atoms with van der Waals surface area (Å²) in [5.41, 5.74) is -0.0307. The lowest BCUT2D eigenvalue weighted by Crippen LogP contribution is -2.57. The van der Waals surface area contributed by atoms with Crippen LogP contribution in [0.4, 0.5) is 11.4 Å². The normalized spacial score (nSPS) is 21.3.